The van der Waals surface area contributed by atoms with E-state index in [0.717, 1.165) is 31.1 Å². The van der Waals surface area contributed by atoms with E-state index in [1.807, 2.05) is 6.07 Å². The van der Waals surface area contributed by atoms with Crippen LogP contribution in [0.4, 0.5) is 0 Å². The van der Waals surface area contributed by atoms with Crippen molar-refractivity contribution in [2.45, 2.75) is 46.6 Å². The SMILES string of the molecule is COC(=O)c1occc1CN1CCCC(C(C)(C)C)CC1. The first-order valence-electron chi connectivity index (χ1n) is 7.79. The van der Waals surface area contributed by atoms with Crippen molar-refractivity contribution >= 4 is 5.97 Å². The van der Waals surface area contributed by atoms with Crippen LogP contribution >= 0.6 is 0 Å². The van der Waals surface area contributed by atoms with Crippen molar-refractivity contribution < 1.29 is 13.9 Å². The summed E-state index contributed by atoms with van der Waals surface area (Å²) in [5.74, 6) is 0.721. The summed E-state index contributed by atoms with van der Waals surface area (Å²) < 4.78 is 10.0. The van der Waals surface area contributed by atoms with Crippen LogP contribution < -0.4 is 0 Å². The molecule has 0 aliphatic carbocycles. The highest BCUT2D eigenvalue weighted by atomic mass is 16.5. The van der Waals surface area contributed by atoms with Gasteiger partial charge in [-0.15, -0.1) is 0 Å². The molecule has 0 bridgehead atoms. The van der Waals surface area contributed by atoms with Crippen LogP contribution in [-0.2, 0) is 11.3 Å². The molecule has 1 aliphatic heterocycles. The van der Waals surface area contributed by atoms with Crippen molar-refractivity contribution in [3.05, 3.63) is 23.7 Å². The third-order valence-corrected chi connectivity index (χ3v) is 4.56. The molecule has 1 atom stereocenters. The number of likely N-dealkylation sites (tertiary alicyclic amines) is 1. The van der Waals surface area contributed by atoms with Gasteiger partial charge in [-0.3, -0.25) is 4.90 Å². The first-order valence-corrected chi connectivity index (χ1v) is 7.79. The van der Waals surface area contributed by atoms with Gasteiger partial charge >= 0.3 is 5.97 Å². The Hall–Kier alpha value is -1.29. The second-order valence-electron chi connectivity index (χ2n) is 7.04. The number of rotatable bonds is 3. The van der Waals surface area contributed by atoms with Crippen LogP contribution in [0.5, 0.6) is 0 Å². The van der Waals surface area contributed by atoms with Crippen LogP contribution in [0.15, 0.2) is 16.7 Å². The molecule has 118 valence electrons. The van der Waals surface area contributed by atoms with E-state index in [4.69, 9.17) is 9.15 Å². The molecule has 0 spiro atoms. The molecule has 0 amide bonds. The smallest absolute Gasteiger partial charge is 0.374 e. The highest BCUT2D eigenvalue weighted by Gasteiger charge is 2.27. The first kappa shape index (κ1) is 16.1. The Morgan fingerprint density at radius 3 is 2.81 bits per heavy atom. The lowest BCUT2D eigenvalue weighted by molar-refractivity contribution is 0.0561. The van der Waals surface area contributed by atoms with Crippen molar-refractivity contribution in [2.75, 3.05) is 20.2 Å². The number of carbonyl (C=O) groups excluding carboxylic acids is 1. The number of furan rings is 1. The van der Waals surface area contributed by atoms with E-state index in [-0.39, 0.29) is 0 Å². The lowest BCUT2D eigenvalue weighted by atomic mass is 9.77. The van der Waals surface area contributed by atoms with Crippen LogP contribution in [0, 0.1) is 11.3 Å². The summed E-state index contributed by atoms with van der Waals surface area (Å²) in [6.07, 6.45) is 5.29. The maximum absolute atomic E-state index is 11.7. The van der Waals surface area contributed by atoms with E-state index in [9.17, 15) is 4.79 Å². The van der Waals surface area contributed by atoms with Gasteiger partial charge in [-0.05, 0) is 49.8 Å². The van der Waals surface area contributed by atoms with Gasteiger partial charge in [0.05, 0.1) is 13.4 Å². The van der Waals surface area contributed by atoms with Gasteiger partial charge in [0.25, 0.3) is 0 Å². The quantitative estimate of drug-likeness (QED) is 0.797. The van der Waals surface area contributed by atoms with E-state index in [1.165, 1.54) is 26.4 Å². The predicted octanol–water partition coefficient (Wildman–Crippen LogP) is 3.71. The lowest BCUT2D eigenvalue weighted by Crippen LogP contribution is -2.26. The minimum atomic E-state index is -0.391. The lowest BCUT2D eigenvalue weighted by Gasteiger charge is -2.29. The normalized spacial score (nSPS) is 21.0. The van der Waals surface area contributed by atoms with Gasteiger partial charge in [0.2, 0.25) is 5.76 Å². The molecule has 4 heteroatoms. The van der Waals surface area contributed by atoms with Gasteiger partial charge < -0.3 is 9.15 Å². The van der Waals surface area contributed by atoms with E-state index in [2.05, 4.69) is 25.7 Å². The van der Waals surface area contributed by atoms with Gasteiger partial charge in [0.15, 0.2) is 0 Å². The number of hydrogen-bond donors (Lipinski definition) is 0. The number of esters is 1. The van der Waals surface area contributed by atoms with Gasteiger partial charge in [-0.1, -0.05) is 20.8 Å². The Kier molecular flexibility index (Phi) is 5.09. The molecule has 0 N–H and O–H groups in total. The van der Waals surface area contributed by atoms with Crippen LogP contribution in [-0.4, -0.2) is 31.1 Å². The molecule has 1 aliphatic rings. The summed E-state index contributed by atoms with van der Waals surface area (Å²) in [7, 11) is 1.38. The molecule has 2 heterocycles. The van der Waals surface area contributed by atoms with Crippen molar-refractivity contribution in [3.63, 3.8) is 0 Å². The summed E-state index contributed by atoms with van der Waals surface area (Å²) in [6, 6.07) is 1.87. The molecule has 1 fully saturated rings. The van der Waals surface area contributed by atoms with E-state index in [0.29, 0.717) is 11.2 Å². The molecule has 0 saturated carbocycles. The molecule has 21 heavy (non-hydrogen) atoms. The Morgan fingerprint density at radius 2 is 2.14 bits per heavy atom. The van der Waals surface area contributed by atoms with Crippen LogP contribution in [0.25, 0.3) is 0 Å². The average Bonchev–Trinajstić information content (AvgIpc) is 2.73. The van der Waals surface area contributed by atoms with Gasteiger partial charge in [-0.25, -0.2) is 4.79 Å². The molecule has 1 aromatic heterocycles. The second-order valence-corrected chi connectivity index (χ2v) is 7.04. The highest BCUT2D eigenvalue weighted by Crippen LogP contribution is 2.34. The van der Waals surface area contributed by atoms with Crippen molar-refractivity contribution in [1.29, 1.82) is 0 Å². The number of nitrogens with zero attached hydrogens (tertiary/aromatic N) is 1. The minimum absolute atomic E-state index is 0.342. The third-order valence-electron chi connectivity index (χ3n) is 4.56. The van der Waals surface area contributed by atoms with Gasteiger partial charge in [0, 0.05) is 12.1 Å². The molecular formula is C17H27NO3. The molecule has 2 rings (SSSR count). The van der Waals surface area contributed by atoms with Crippen molar-refractivity contribution in [2.24, 2.45) is 11.3 Å². The third kappa shape index (κ3) is 4.10. The summed E-state index contributed by atoms with van der Waals surface area (Å²) in [5, 5.41) is 0. The topological polar surface area (TPSA) is 42.7 Å². The standard InChI is InChI=1S/C17H27NO3/c1-17(2,3)14-6-5-9-18(10-7-14)12-13-8-11-21-15(13)16(19)20-4/h8,11,14H,5-7,9-10,12H2,1-4H3. The number of hydrogen-bond acceptors (Lipinski definition) is 4. The Labute approximate surface area is 127 Å². The maximum atomic E-state index is 11.7. The molecule has 1 unspecified atom stereocenters. The maximum Gasteiger partial charge on any atom is 0.374 e. The average molecular weight is 293 g/mol. The molecule has 0 radical (unpaired) electrons. The fourth-order valence-corrected chi connectivity index (χ4v) is 3.15. The largest absolute Gasteiger partial charge is 0.463 e. The molecule has 1 saturated heterocycles. The first-order chi connectivity index (χ1) is 9.91. The van der Waals surface area contributed by atoms with Crippen molar-refractivity contribution in [1.82, 2.24) is 4.90 Å². The van der Waals surface area contributed by atoms with Crippen molar-refractivity contribution in [3.8, 4) is 0 Å². The Bertz CT molecular complexity index is 473. The zero-order valence-corrected chi connectivity index (χ0v) is 13.6. The fraction of sp³-hybridized carbons (Fsp3) is 0.706. The number of methoxy groups -OCH3 is 1. The van der Waals surface area contributed by atoms with E-state index < -0.39 is 5.97 Å². The van der Waals surface area contributed by atoms with Crippen LogP contribution in [0.2, 0.25) is 0 Å². The van der Waals surface area contributed by atoms with E-state index >= 15 is 0 Å². The summed E-state index contributed by atoms with van der Waals surface area (Å²) >= 11 is 0. The van der Waals surface area contributed by atoms with Crippen LogP contribution in [0.3, 0.4) is 0 Å². The number of ether oxygens (including phenoxy) is 1. The predicted molar refractivity (Wildman–Crippen MR) is 82.1 cm³/mol. The molecule has 4 nitrogen and oxygen atoms in total. The van der Waals surface area contributed by atoms with E-state index in [1.54, 1.807) is 6.26 Å². The van der Waals surface area contributed by atoms with Crippen LogP contribution in [0.1, 0.15) is 56.2 Å². The zero-order valence-electron chi connectivity index (χ0n) is 13.6. The van der Waals surface area contributed by atoms with Gasteiger partial charge in [-0.2, -0.15) is 0 Å². The minimum Gasteiger partial charge on any atom is -0.463 e. The number of carbonyl (C=O) groups is 1. The Balaban J connectivity index is 1.98. The monoisotopic (exact) mass is 293 g/mol. The highest BCUT2D eigenvalue weighted by molar-refractivity contribution is 5.87. The fourth-order valence-electron chi connectivity index (χ4n) is 3.15. The van der Waals surface area contributed by atoms with Gasteiger partial charge in [0.1, 0.15) is 0 Å². The summed E-state index contributed by atoms with van der Waals surface area (Å²) in [4.78, 5) is 14.1. The second kappa shape index (κ2) is 6.65. The molecule has 1 aromatic rings. The Morgan fingerprint density at radius 1 is 1.38 bits per heavy atom. The molecule has 0 aromatic carbocycles. The molecular weight excluding hydrogens is 266 g/mol. The summed E-state index contributed by atoms with van der Waals surface area (Å²) in [5.41, 5.74) is 1.30. The zero-order chi connectivity index (χ0) is 15.5. The summed E-state index contributed by atoms with van der Waals surface area (Å²) in [6.45, 7) is 9.92.